The van der Waals surface area contributed by atoms with E-state index < -0.39 is 114 Å². The molecule has 1 unspecified atom stereocenters. The van der Waals surface area contributed by atoms with Gasteiger partial charge in [-0.3, -0.25) is 19.2 Å². The van der Waals surface area contributed by atoms with Crippen LogP contribution in [-0.4, -0.2) is 36.1 Å². The number of pyridine rings is 1. The first-order chi connectivity index (χ1) is 33.7. The van der Waals surface area contributed by atoms with Gasteiger partial charge in [-0.25, -0.2) is 4.57 Å². The number of halogens is 12. The minimum atomic E-state index is -5.40. The first kappa shape index (κ1) is 48.7. The molecule has 368 valence electrons. The lowest BCUT2D eigenvalue weighted by Crippen LogP contribution is -2.32. The van der Waals surface area contributed by atoms with Gasteiger partial charge >= 0.3 is 30.7 Å². The predicted molar refractivity (Wildman–Crippen MR) is 237 cm³/mol. The quantitative estimate of drug-likeness (QED) is 0.0656. The van der Waals surface area contributed by atoms with Crippen LogP contribution in [0.4, 0.5) is 52.7 Å². The van der Waals surface area contributed by atoms with Crippen LogP contribution in [0.2, 0.25) is 0 Å². The number of carbonyl (C=O) groups excluding carboxylic acids is 1. The summed E-state index contributed by atoms with van der Waals surface area (Å²) in [5.74, 6) is -3.10. The number of methoxy groups -OCH3 is 2. The Bertz CT molecular complexity index is 3710. The Hall–Kier alpha value is -8.36. The average molecular weight is 1010 g/mol. The monoisotopic (exact) mass is 1010 g/mol. The molecule has 0 fully saturated rings. The molecule has 0 aliphatic carbocycles. The number of alkyl halides is 12. The van der Waals surface area contributed by atoms with Gasteiger partial charge in [-0.2, -0.15) is 52.7 Å². The van der Waals surface area contributed by atoms with Crippen molar-refractivity contribution in [1.29, 1.82) is 0 Å². The molecule has 0 saturated heterocycles. The van der Waals surface area contributed by atoms with E-state index >= 15 is 0 Å². The van der Waals surface area contributed by atoms with Gasteiger partial charge in [0.1, 0.15) is 28.6 Å². The van der Waals surface area contributed by atoms with E-state index in [1.54, 1.807) is 0 Å². The third-order valence-corrected chi connectivity index (χ3v) is 12.1. The van der Waals surface area contributed by atoms with E-state index in [2.05, 4.69) is 0 Å². The van der Waals surface area contributed by atoms with Crippen molar-refractivity contribution in [3.8, 4) is 39.4 Å². The van der Waals surface area contributed by atoms with Crippen molar-refractivity contribution in [1.82, 2.24) is 4.57 Å². The number of hydrogen-bond donors (Lipinski definition) is 1. The van der Waals surface area contributed by atoms with Gasteiger partial charge in [-0.1, -0.05) is 30.3 Å². The first-order valence-corrected chi connectivity index (χ1v) is 20.7. The molecule has 0 saturated carbocycles. The molecule has 0 spiro atoms. The molecule has 1 atom stereocenters. The zero-order chi connectivity index (χ0) is 52.1. The van der Waals surface area contributed by atoms with Crippen molar-refractivity contribution < 1.29 is 81.3 Å². The highest BCUT2D eigenvalue weighted by Crippen LogP contribution is 2.49. The van der Waals surface area contributed by atoms with Crippen LogP contribution in [0.1, 0.15) is 49.7 Å². The van der Waals surface area contributed by atoms with Gasteiger partial charge in [0.05, 0.1) is 47.7 Å². The summed E-state index contributed by atoms with van der Waals surface area (Å²) in [6.45, 7) is 0. The summed E-state index contributed by atoms with van der Waals surface area (Å²) < 4.78 is 190. The van der Waals surface area contributed by atoms with E-state index in [0.717, 1.165) is 24.3 Å². The van der Waals surface area contributed by atoms with Crippen LogP contribution < -0.4 is 20.6 Å². The number of ether oxygens (including phenoxy) is 2. The Morgan fingerprint density at radius 2 is 1.03 bits per heavy atom. The fourth-order valence-corrected chi connectivity index (χ4v) is 8.97. The zero-order valence-electron chi connectivity index (χ0n) is 36.3. The van der Waals surface area contributed by atoms with Crippen LogP contribution in [0.15, 0.2) is 123 Å². The number of aromatic nitrogens is 1. The highest BCUT2D eigenvalue weighted by Gasteiger charge is 2.40. The Morgan fingerprint density at radius 3 is 1.47 bits per heavy atom. The molecule has 21 heteroatoms. The van der Waals surface area contributed by atoms with Crippen molar-refractivity contribution in [2.75, 3.05) is 14.2 Å². The van der Waals surface area contributed by atoms with E-state index in [9.17, 15) is 77.0 Å². The number of carboxylic acids is 1. The summed E-state index contributed by atoms with van der Waals surface area (Å²) in [6.07, 6.45) is -21.2. The standard InChI is InChI=1S/C51H27F12NO8/c1-70-38-15-25(16-39(71-2)36(38)21-65)40(47(68)69)22-7-9-30(10-8-22)64-45(66)34-19-32(23-11-26(48(52,53)54)17-27(12-23)49(55,56)57)41-31-5-3-4-6-37(31)72-44-33(20-35(46(64)67)42(34)43(41)44)24-13-28(50(58,59)60)18-29(14-24)51(61,62)63/h3-21,40H,1-2H3,(H,68,69). The third kappa shape index (κ3) is 8.16. The van der Waals surface area contributed by atoms with E-state index in [1.165, 1.54) is 62.8 Å². The number of aliphatic carboxylic acids is 1. The molecule has 0 aliphatic heterocycles. The highest BCUT2D eigenvalue weighted by atomic mass is 19.4. The lowest BCUT2D eigenvalue weighted by molar-refractivity contribution is -0.144. The van der Waals surface area contributed by atoms with Crippen molar-refractivity contribution in [2.45, 2.75) is 30.6 Å². The molecule has 9 aromatic rings. The van der Waals surface area contributed by atoms with Crippen LogP contribution in [0.25, 0.3) is 71.4 Å². The molecule has 2 heterocycles. The number of rotatable bonds is 9. The summed E-state index contributed by atoms with van der Waals surface area (Å²) in [6, 6.07) is 15.2. The number of hydrogen-bond acceptors (Lipinski definition) is 7. The lowest BCUT2D eigenvalue weighted by Gasteiger charge is -2.21. The van der Waals surface area contributed by atoms with Gasteiger partial charge in [-0.05, 0) is 107 Å². The largest absolute Gasteiger partial charge is 0.496 e. The minimum absolute atomic E-state index is 0.000426. The zero-order valence-corrected chi connectivity index (χ0v) is 36.3. The molecule has 0 radical (unpaired) electrons. The number of nitrogens with zero attached hydrogens (tertiary/aromatic N) is 1. The number of benzene rings is 7. The Morgan fingerprint density at radius 1 is 0.569 bits per heavy atom. The fraction of sp³-hybridized carbons (Fsp3) is 0.137. The van der Waals surface area contributed by atoms with E-state index in [-0.39, 0.29) is 67.8 Å². The summed E-state index contributed by atoms with van der Waals surface area (Å²) in [4.78, 5) is 54.5. The predicted octanol–water partition coefficient (Wildman–Crippen LogP) is 13.3. The topological polar surface area (TPSA) is 125 Å². The van der Waals surface area contributed by atoms with Crippen LogP contribution in [0.3, 0.4) is 0 Å². The Labute approximate surface area is 394 Å². The highest BCUT2D eigenvalue weighted by molar-refractivity contribution is 6.32. The van der Waals surface area contributed by atoms with Crippen molar-refractivity contribution in [2.24, 2.45) is 0 Å². The van der Waals surface area contributed by atoms with Gasteiger partial charge in [-0.15, -0.1) is 0 Å². The van der Waals surface area contributed by atoms with Gasteiger partial charge in [0.2, 0.25) is 0 Å². The molecular weight excluding hydrogens is 983 g/mol. The Balaban J connectivity index is 1.42. The maximum Gasteiger partial charge on any atom is 0.416 e. The maximum atomic E-state index is 14.9. The van der Waals surface area contributed by atoms with Crippen LogP contribution in [-0.2, 0) is 29.5 Å². The van der Waals surface area contributed by atoms with Gasteiger partial charge in [0.15, 0.2) is 6.29 Å². The smallest absolute Gasteiger partial charge is 0.416 e. The van der Waals surface area contributed by atoms with Crippen LogP contribution in [0, 0.1) is 0 Å². The SMILES string of the molecule is COc1cc(C(C(=O)O)c2ccc(-n3c(=O)c4cc(-c5cc(C(F)(F)F)cc(C(F)(F)F)c5)c5oc6ccccc6c6c(-c7cc(C(F)(F)F)cc(C(F)(F)F)c7)cc(c3=O)c4c56)cc2)cc(OC)c1C=O. The third-order valence-electron chi connectivity index (χ3n) is 12.1. The van der Waals surface area contributed by atoms with Gasteiger partial charge < -0.3 is 19.0 Å². The molecule has 1 N–H and O–H groups in total. The van der Waals surface area contributed by atoms with E-state index in [1.807, 2.05) is 0 Å². The lowest BCUT2D eigenvalue weighted by atomic mass is 9.86. The second kappa shape index (κ2) is 16.9. The molecular formula is C51H27F12NO8. The molecule has 0 bridgehead atoms. The fourth-order valence-electron chi connectivity index (χ4n) is 8.97. The number of fused-ring (bicyclic) bond motifs is 2. The maximum absolute atomic E-state index is 14.9. The van der Waals surface area contributed by atoms with Crippen LogP contribution >= 0.6 is 0 Å². The summed E-state index contributed by atoms with van der Waals surface area (Å²) >= 11 is 0. The van der Waals surface area contributed by atoms with Crippen molar-refractivity contribution in [3.05, 3.63) is 169 Å². The van der Waals surface area contributed by atoms with Gasteiger partial charge in [0.25, 0.3) is 11.1 Å². The molecule has 7 aromatic carbocycles. The second-order valence-corrected chi connectivity index (χ2v) is 16.4. The molecule has 72 heavy (non-hydrogen) atoms. The molecule has 2 aromatic heterocycles. The Kier molecular flexibility index (Phi) is 11.4. The summed E-state index contributed by atoms with van der Waals surface area (Å²) in [7, 11) is 2.43. The number of carboxylic acid groups (broad SMARTS) is 1. The summed E-state index contributed by atoms with van der Waals surface area (Å²) in [5.41, 5.74) is -13.7. The van der Waals surface area contributed by atoms with E-state index in [0.29, 0.717) is 35.1 Å². The number of carbonyl (C=O) groups is 2. The minimum Gasteiger partial charge on any atom is -0.496 e. The second-order valence-electron chi connectivity index (χ2n) is 16.4. The summed E-state index contributed by atoms with van der Waals surface area (Å²) in [5, 5.41) is 8.09. The average Bonchev–Trinajstić information content (AvgIpc) is 3.32. The molecule has 0 amide bonds. The van der Waals surface area contributed by atoms with Gasteiger partial charge in [0, 0.05) is 37.9 Å². The van der Waals surface area contributed by atoms with Crippen molar-refractivity contribution >= 4 is 55.7 Å². The normalized spacial score (nSPS) is 13.1. The van der Waals surface area contributed by atoms with Crippen molar-refractivity contribution in [3.63, 3.8) is 0 Å². The molecule has 9 rings (SSSR count). The molecule has 9 nitrogen and oxygen atoms in total. The first-order valence-electron chi connectivity index (χ1n) is 20.7. The van der Waals surface area contributed by atoms with E-state index in [4.69, 9.17) is 13.9 Å². The number of para-hydroxylation sites is 1. The van der Waals surface area contributed by atoms with Crippen LogP contribution in [0.5, 0.6) is 11.5 Å². The number of aldehydes is 1. The molecule has 0 aliphatic rings.